The molecular weight excluding hydrogens is 260 g/mol. The minimum atomic E-state index is -0.809. The highest BCUT2D eigenvalue weighted by atomic mass is 16.5. The molecule has 1 aliphatic carbocycles. The monoisotopic (exact) mass is 286 g/mol. The third-order valence-electron chi connectivity index (χ3n) is 3.78. The molecule has 0 unspecified atom stereocenters. The summed E-state index contributed by atoms with van der Waals surface area (Å²) in [6, 6.07) is -0.205. The Balaban J connectivity index is 2.50. The Kier molecular flexibility index (Phi) is 6.26. The summed E-state index contributed by atoms with van der Waals surface area (Å²) in [4.78, 5) is 25.1. The molecule has 0 saturated heterocycles. The molecular formula is C14H26N2O4. The molecule has 1 rings (SSSR count). The molecule has 116 valence electrons. The molecule has 6 nitrogen and oxygen atoms in total. The number of ether oxygens (including phenoxy) is 1. The first-order valence-electron chi connectivity index (χ1n) is 7.16. The van der Waals surface area contributed by atoms with Gasteiger partial charge >= 0.3 is 12.0 Å². The topological polar surface area (TPSA) is 78.9 Å². The Bertz CT molecular complexity index is 340. The van der Waals surface area contributed by atoms with Crippen molar-refractivity contribution in [2.24, 2.45) is 11.3 Å². The Labute approximate surface area is 120 Å². The zero-order chi connectivity index (χ0) is 15.2. The normalized spacial score (nSPS) is 16.6. The number of amides is 2. The molecule has 0 bridgehead atoms. The highest BCUT2D eigenvalue weighted by molar-refractivity contribution is 5.79. The smallest absolute Gasteiger partial charge is 0.317 e. The number of carboxylic acid groups (broad SMARTS) is 1. The molecule has 1 saturated carbocycles. The van der Waals surface area contributed by atoms with Crippen molar-refractivity contribution in [1.82, 2.24) is 10.2 Å². The summed E-state index contributed by atoms with van der Waals surface area (Å²) in [7, 11) is 1.60. The van der Waals surface area contributed by atoms with Crippen molar-refractivity contribution in [3.63, 3.8) is 0 Å². The maximum Gasteiger partial charge on any atom is 0.317 e. The highest BCUT2D eigenvalue weighted by Crippen LogP contribution is 2.40. The van der Waals surface area contributed by atoms with E-state index in [1.165, 1.54) is 0 Å². The van der Waals surface area contributed by atoms with Crippen LogP contribution < -0.4 is 5.32 Å². The standard InChI is InChI=1S/C14H26N2O4/c1-11(2)9-16(7-8-20-3)13(19)15-10-14(12(17)18)5-4-6-14/h11H,4-10H2,1-3H3,(H,15,19)(H,17,18). The largest absolute Gasteiger partial charge is 0.481 e. The first-order valence-corrected chi connectivity index (χ1v) is 7.16. The molecule has 0 aromatic carbocycles. The Hall–Kier alpha value is -1.30. The molecule has 0 aromatic heterocycles. The minimum Gasteiger partial charge on any atom is -0.481 e. The summed E-state index contributed by atoms with van der Waals surface area (Å²) >= 11 is 0. The predicted octanol–water partition coefficient (Wildman–Crippen LogP) is 1.56. The maximum absolute atomic E-state index is 12.2. The van der Waals surface area contributed by atoms with E-state index in [0.29, 0.717) is 38.5 Å². The third-order valence-corrected chi connectivity index (χ3v) is 3.78. The van der Waals surface area contributed by atoms with Crippen molar-refractivity contribution in [2.75, 3.05) is 33.4 Å². The van der Waals surface area contributed by atoms with E-state index in [9.17, 15) is 14.7 Å². The molecule has 0 spiro atoms. The number of methoxy groups -OCH3 is 1. The van der Waals surface area contributed by atoms with Gasteiger partial charge in [-0.2, -0.15) is 0 Å². The van der Waals surface area contributed by atoms with E-state index in [-0.39, 0.29) is 12.6 Å². The third kappa shape index (κ3) is 4.37. The van der Waals surface area contributed by atoms with E-state index in [0.717, 1.165) is 6.42 Å². The molecule has 1 aliphatic rings. The number of nitrogens with zero attached hydrogens (tertiary/aromatic N) is 1. The highest BCUT2D eigenvalue weighted by Gasteiger charge is 2.44. The second kappa shape index (κ2) is 7.47. The number of hydrogen-bond acceptors (Lipinski definition) is 3. The number of rotatable bonds is 8. The number of aliphatic carboxylic acids is 1. The lowest BCUT2D eigenvalue weighted by molar-refractivity contribution is -0.153. The number of carbonyl (C=O) groups is 2. The van der Waals surface area contributed by atoms with E-state index >= 15 is 0 Å². The number of nitrogens with one attached hydrogen (secondary N) is 1. The fraction of sp³-hybridized carbons (Fsp3) is 0.857. The summed E-state index contributed by atoms with van der Waals surface area (Å²) < 4.78 is 5.00. The number of hydrogen-bond donors (Lipinski definition) is 2. The van der Waals surface area contributed by atoms with Crippen LogP contribution in [0.4, 0.5) is 4.79 Å². The summed E-state index contributed by atoms with van der Waals surface area (Å²) in [5, 5.41) is 12.0. The molecule has 2 N–H and O–H groups in total. The van der Waals surface area contributed by atoms with Gasteiger partial charge in [-0.1, -0.05) is 20.3 Å². The summed E-state index contributed by atoms with van der Waals surface area (Å²) in [6.07, 6.45) is 2.21. The van der Waals surface area contributed by atoms with E-state index in [1.54, 1.807) is 12.0 Å². The van der Waals surface area contributed by atoms with Crippen LogP contribution in [0, 0.1) is 11.3 Å². The number of carbonyl (C=O) groups excluding carboxylic acids is 1. The lowest BCUT2D eigenvalue weighted by atomic mass is 9.69. The van der Waals surface area contributed by atoms with Crippen molar-refractivity contribution in [1.29, 1.82) is 0 Å². The zero-order valence-electron chi connectivity index (χ0n) is 12.6. The van der Waals surface area contributed by atoms with Crippen LogP contribution in [0.15, 0.2) is 0 Å². The first kappa shape index (κ1) is 16.8. The number of urea groups is 1. The lowest BCUT2D eigenvalue weighted by Gasteiger charge is -2.38. The van der Waals surface area contributed by atoms with Gasteiger partial charge in [-0.3, -0.25) is 4.79 Å². The molecule has 0 heterocycles. The van der Waals surface area contributed by atoms with Crippen LogP contribution in [-0.4, -0.2) is 55.4 Å². The SMILES string of the molecule is COCCN(CC(C)C)C(=O)NCC1(C(=O)O)CCC1. The van der Waals surface area contributed by atoms with Crippen LogP contribution >= 0.6 is 0 Å². The second-order valence-corrected chi connectivity index (χ2v) is 5.93. The quantitative estimate of drug-likeness (QED) is 0.709. The molecule has 0 atom stereocenters. The van der Waals surface area contributed by atoms with E-state index in [1.807, 2.05) is 13.8 Å². The van der Waals surface area contributed by atoms with Gasteiger partial charge in [0.15, 0.2) is 0 Å². The van der Waals surface area contributed by atoms with Gasteiger partial charge in [0.25, 0.3) is 0 Å². The van der Waals surface area contributed by atoms with E-state index in [4.69, 9.17) is 4.74 Å². The summed E-state index contributed by atoms with van der Waals surface area (Å²) in [6.45, 7) is 5.91. The lowest BCUT2D eigenvalue weighted by Crippen LogP contribution is -2.51. The van der Waals surface area contributed by atoms with Crippen molar-refractivity contribution >= 4 is 12.0 Å². The van der Waals surface area contributed by atoms with Crippen LogP contribution in [0.3, 0.4) is 0 Å². The zero-order valence-corrected chi connectivity index (χ0v) is 12.6. The van der Waals surface area contributed by atoms with Crippen molar-refractivity contribution in [3.05, 3.63) is 0 Å². The van der Waals surface area contributed by atoms with E-state index < -0.39 is 11.4 Å². The maximum atomic E-state index is 12.2. The summed E-state index contributed by atoms with van der Waals surface area (Å²) in [5.74, 6) is -0.453. The van der Waals surface area contributed by atoms with Crippen LogP contribution in [0.25, 0.3) is 0 Å². The van der Waals surface area contributed by atoms with Crippen molar-refractivity contribution in [3.8, 4) is 0 Å². The Morgan fingerprint density at radius 1 is 1.40 bits per heavy atom. The molecule has 6 heteroatoms. The van der Waals surface area contributed by atoms with Crippen LogP contribution in [0.1, 0.15) is 33.1 Å². The molecule has 0 radical (unpaired) electrons. The Morgan fingerprint density at radius 2 is 2.05 bits per heavy atom. The average molecular weight is 286 g/mol. The van der Waals surface area contributed by atoms with Crippen LogP contribution in [0.2, 0.25) is 0 Å². The van der Waals surface area contributed by atoms with Gasteiger partial charge in [-0.15, -0.1) is 0 Å². The minimum absolute atomic E-state index is 0.205. The Morgan fingerprint density at radius 3 is 2.45 bits per heavy atom. The average Bonchev–Trinajstić information content (AvgIpc) is 2.31. The number of carboxylic acids is 1. The van der Waals surface area contributed by atoms with E-state index in [2.05, 4.69) is 5.32 Å². The molecule has 20 heavy (non-hydrogen) atoms. The van der Waals surface area contributed by atoms with Gasteiger partial charge < -0.3 is 20.1 Å². The fourth-order valence-electron chi connectivity index (χ4n) is 2.34. The summed E-state index contributed by atoms with van der Waals surface area (Å²) in [5.41, 5.74) is -0.750. The molecule has 1 fully saturated rings. The van der Waals surface area contributed by atoms with Gasteiger partial charge in [0.1, 0.15) is 0 Å². The second-order valence-electron chi connectivity index (χ2n) is 5.93. The fourth-order valence-corrected chi connectivity index (χ4v) is 2.34. The molecule has 2 amide bonds. The van der Waals surface area contributed by atoms with Gasteiger partial charge in [-0.25, -0.2) is 4.79 Å². The van der Waals surface area contributed by atoms with Gasteiger partial charge in [0.2, 0.25) is 0 Å². The van der Waals surface area contributed by atoms with Crippen LogP contribution in [0.5, 0.6) is 0 Å². The predicted molar refractivity (Wildman–Crippen MR) is 75.6 cm³/mol. The van der Waals surface area contributed by atoms with Gasteiger partial charge in [-0.05, 0) is 18.8 Å². The van der Waals surface area contributed by atoms with Gasteiger partial charge in [0, 0.05) is 26.7 Å². The van der Waals surface area contributed by atoms with Crippen molar-refractivity contribution in [2.45, 2.75) is 33.1 Å². The molecule has 0 aliphatic heterocycles. The van der Waals surface area contributed by atoms with Crippen LogP contribution in [-0.2, 0) is 9.53 Å². The molecule has 0 aromatic rings. The van der Waals surface area contributed by atoms with Gasteiger partial charge in [0.05, 0.1) is 12.0 Å². The first-order chi connectivity index (χ1) is 9.41. The van der Waals surface area contributed by atoms with Crippen molar-refractivity contribution < 1.29 is 19.4 Å².